The van der Waals surface area contributed by atoms with E-state index >= 15 is 0 Å². The largest absolute Gasteiger partial charge is 0.354 e. The number of carbonyl (C=O) groups is 1. The molecule has 1 aliphatic carbocycles. The molecule has 1 saturated heterocycles. The zero-order valence-corrected chi connectivity index (χ0v) is 14.5. The summed E-state index contributed by atoms with van der Waals surface area (Å²) in [7, 11) is 0. The number of amides is 1. The average molecular weight is 341 g/mol. The van der Waals surface area contributed by atoms with E-state index in [2.05, 4.69) is 25.6 Å². The van der Waals surface area contributed by atoms with Crippen molar-refractivity contribution >= 4 is 17.6 Å². The Morgan fingerprint density at radius 2 is 2.12 bits per heavy atom. The van der Waals surface area contributed by atoms with Crippen LogP contribution in [0.5, 0.6) is 0 Å². The second kappa shape index (κ2) is 6.82. The molecular formula is C18H23N5O2. The number of hydrogen-bond acceptors (Lipinski definition) is 6. The van der Waals surface area contributed by atoms with Gasteiger partial charge in [0.25, 0.3) is 0 Å². The predicted octanol–water partition coefficient (Wildman–Crippen LogP) is 2.51. The highest BCUT2D eigenvalue weighted by Crippen LogP contribution is 2.29. The number of fused-ring (bicyclic) bond motifs is 1. The van der Waals surface area contributed by atoms with Gasteiger partial charge in [0.05, 0.1) is 17.3 Å². The van der Waals surface area contributed by atoms with E-state index in [1.54, 1.807) is 0 Å². The number of nitrogens with one attached hydrogen (secondary N) is 1. The Bertz CT molecular complexity index is 755. The molecule has 4 rings (SSSR count). The summed E-state index contributed by atoms with van der Waals surface area (Å²) in [5, 5.41) is 15.4. The van der Waals surface area contributed by atoms with E-state index in [0.29, 0.717) is 12.4 Å². The van der Waals surface area contributed by atoms with Crippen LogP contribution in [0.4, 0.5) is 11.7 Å². The summed E-state index contributed by atoms with van der Waals surface area (Å²) in [6.07, 6.45) is 5.98. The number of aromatic nitrogens is 3. The highest BCUT2D eigenvalue weighted by molar-refractivity contribution is 5.92. The van der Waals surface area contributed by atoms with Gasteiger partial charge in [-0.3, -0.25) is 10.1 Å². The maximum absolute atomic E-state index is 12.7. The van der Waals surface area contributed by atoms with Gasteiger partial charge in [-0.25, -0.2) is 0 Å². The summed E-state index contributed by atoms with van der Waals surface area (Å²) in [5.41, 5.74) is 2.98. The van der Waals surface area contributed by atoms with Crippen LogP contribution in [0.1, 0.15) is 42.6 Å². The molecule has 1 amide bonds. The molecule has 2 aromatic heterocycles. The maximum atomic E-state index is 12.7. The first-order valence-electron chi connectivity index (χ1n) is 9.04. The lowest BCUT2D eigenvalue weighted by Gasteiger charge is -2.32. The Hall–Kier alpha value is -2.44. The zero-order valence-electron chi connectivity index (χ0n) is 14.5. The first-order chi connectivity index (χ1) is 12.2. The number of piperidine rings is 1. The molecule has 0 bridgehead atoms. The standard InChI is InChI=1S/C18H23N5O2/c1-12-8-9-16(21-20-12)23-10-4-5-13(11-23)17(24)19-18-14-6-2-3-7-15(14)22-25-18/h8-9,13H,2-7,10-11H2,1H3,(H,19,24). The minimum Gasteiger partial charge on any atom is -0.354 e. The molecule has 7 heteroatoms. The lowest BCUT2D eigenvalue weighted by atomic mass is 9.96. The normalized spacial score (nSPS) is 20.2. The highest BCUT2D eigenvalue weighted by atomic mass is 16.5. The smallest absolute Gasteiger partial charge is 0.234 e. The molecule has 2 aromatic rings. The van der Waals surface area contributed by atoms with Crippen molar-refractivity contribution in [1.29, 1.82) is 0 Å². The fraction of sp³-hybridized carbons (Fsp3) is 0.556. The lowest BCUT2D eigenvalue weighted by Crippen LogP contribution is -2.41. The van der Waals surface area contributed by atoms with Crippen molar-refractivity contribution in [1.82, 2.24) is 15.4 Å². The fourth-order valence-electron chi connectivity index (χ4n) is 3.66. The van der Waals surface area contributed by atoms with Gasteiger partial charge in [0, 0.05) is 18.7 Å². The van der Waals surface area contributed by atoms with E-state index in [0.717, 1.165) is 67.8 Å². The van der Waals surface area contributed by atoms with Gasteiger partial charge >= 0.3 is 0 Å². The Kier molecular flexibility index (Phi) is 4.38. The number of hydrogen-bond donors (Lipinski definition) is 1. The van der Waals surface area contributed by atoms with Crippen molar-refractivity contribution in [3.8, 4) is 0 Å². The zero-order chi connectivity index (χ0) is 17.2. The van der Waals surface area contributed by atoms with Crippen molar-refractivity contribution < 1.29 is 9.32 Å². The molecule has 1 atom stereocenters. The number of nitrogens with zero attached hydrogens (tertiary/aromatic N) is 4. The van der Waals surface area contributed by atoms with Gasteiger partial charge in [0.15, 0.2) is 5.82 Å². The molecule has 1 unspecified atom stereocenters. The van der Waals surface area contributed by atoms with Crippen LogP contribution in [0.2, 0.25) is 0 Å². The Labute approximate surface area is 146 Å². The molecular weight excluding hydrogens is 318 g/mol. The van der Waals surface area contributed by atoms with Crippen molar-refractivity contribution in [2.24, 2.45) is 5.92 Å². The number of aryl methyl sites for hydroxylation is 2. The number of rotatable bonds is 3. The summed E-state index contributed by atoms with van der Waals surface area (Å²) >= 11 is 0. The van der Waals surface area contributed by atoms with Crippen molar-refractivity contribution in [2.45, 2.75) is 45.4 Å². The van der Waals surface area contributed by atoms with Gasteiger partial charge in [-0.2, -0.15) is 5.10 Å². The molecule has 7 nitrogen and oxygen atoms in total. The Balaban J connectivity index is 1.43. The van der Waals surface area contributed by atoms with Crippen LogP contribution in [0, 0.1) is 12.8 Å². The second-order valence-corrected chi connectivity index (χ2v) is 6.95. The third-order valence-electron chi connectivity index (χ3n) is 5.10. The van der Waals surface area contributed by atoms with Crippen molar-refractivity contribution in [3.05, 3.63) is 29.1 Å². The Morgan fingerprint density at radius 1 is 1.24 bits per heavy atom. The van der Waals surface area contributed by atoms with E-state index in [4.69, 9.17) is 4.52 Å². The molecule has 132 valence electrons. The van der Waals surface area contributed by atoms with Crippen molar-refractivity contribution in [2.75, 3.05) is 23.3 Å². The second-order valence-electron chi connectivity index (χ2n) is 6.95. The third-order valence-corrected chi connectivity index (χ3v) is 5.10. The van der Waals surface area contributed by atoms with Crippen LogP contribution in [-0.2, 0) is 17.6 Å². The molecule has 25 heavy (non-hydrogen) atoms. The van der Waals surface area contributed by atoms with Crippen LogP contribution in [0.25, 0.3) is 0 Å². The lowest BCUT2D eigenvalue weighted by molar-refractivity contribution is -0.120. The summed E-state index contributed by atoms with van der Waals surface area (Å²) in [5.74, 6) is 1.31. The molecule has 0 saturated carbocycles. The van der Waals surface area contributed by atoms with Gasteiger partial charge in [-0.05, 0) is 57.6 Å². The van der Waals surface area contributed by atoms with Gasteiger partial charge in [-0.15, -0.1) is 5.10 Å². The van der Waals surface area contributed by atoms with E-state index in [1.165, 1.54) is 0 Å². The van der Waals surface area contributed by atoms with Gasteiger partial charge in [0.2, 0.25) is 11.8 Å². The summed E-state index contributed by atoms with van der Waals surface area (Å²) in [6.45, 7) is 3.47. The summed E-state index contributed by atoms with van der Waals surface area (Å²) in [6, 6.07) is 3.92. The molecule has 0 spiro atoms. The van der Waals surface area contributed by atoms with E-state index < -0.39 is 0 Å². The number of carbonyl (C=O) groups excluding carboxylic acids is 1. The monoisotopic (exact) mass is 341 g/mol. The highest BCUT2D eigenvalue weighted by Gasteiger charge is 2.29. The molecule has 2 aliphatic rings. The van der Waals surface area contributed by atoms with Gasteiger partial charge in [-0.1, -0.05) is 5.16 Å². The van der Waals surface area contributed by atoms with Crippen molar-refractivity contribution in [3.63, 3.8) is 0 Å². The van der Waals surface area contributed by atoms with Crippen LogP contribution in [0.3, 0.4) is 0 Å². The van der Waals surface area contributed by atoms with Crippen LogP contribution in [0.15, 0.2) is 16.7 Å². The minimum atomic E-state index is -0.0822. The average Bonchev–Trinajstić information content (AvgIpc) is 3.05. The topological polar surface area (TPSA) is 84.2 Å². The van der Waals surface area contributed by atoms with E-state index in [-0.39, 0.29) is 11.8 Å². The summed E-state index contributed by atoms with van der Waals surface area (Å²) in [4.78, 5) is 14.9. The van der Waals surface area contributed by atoms with Gasteiger partial charge in [0.1, 0.15) is 0 Å². The minimum absolute atomic E-state index is 0.00861. The maximum Gasteiger partial charge on any atom is 0.234 e. The quantitative estimate of drug-likeness (QED) is 0.923. The molecule has 1 fully saturated rings. The van der Waals surface area contributed by atoms with Crippen LogP contribution < -0.4 is 10.2 Å². The molecule has 1 aliphatic heterocycles. The summed E-state index contributed by atoms with van der Waals surface area (Å²) < 4.78 is 5.39. The van der Waals surface area contributed by atoms with Gasteiger partial charge < -0.3 is 9.42 Å². The Morgan fingerprint density at radius 3 is 2.96 bits per heavy atom. The first kappa shape index (κ1) is 16.1. The SMILES string of the molecule is Cc1ccc(N2CCCC(C(=O)Nc3onc4c3CCCC4)C2)nn1. The van der Waals surface area contributed by atoms with Crippen LogP contribution >= 0.6 is 0 Å². The van der Waals surface area contributed by atoms with Crippen LogP contribution in [-0.4, -0.2) is 34.4 Å². The molecule has 3 heterocycles. The van der Waals surface area contributed by atoms with E-state index in [1.807, 2.05) is 19.1 Å². The first-order valence-corrected chi connectivity index (χ1v) is 9.04. The molecule has 0 aromatic carbocycles. The molecule has 1 N–H and O–H groups in total. The number of anilines is 2. The fourth-order valence-corrected chi connectivity index (χ4v) is 3.66. The van der Waals surface area contributed by atoms with E-state index in [9.17, 15) is 4.79 Å². The predicted molar refractivity (Wildman–Crippen MR) is 93.5 cm³/mol. The third kappa shape index (κ3) is 3.36. The molecule has 0 radical (unpaired) electrons.